The van der Waals surface area contributed by atoms with Crippen LogP contribution < -0.4 is 5.32 Å². The summed E-state index contributed by atoms with van der Waals surface area (Å²) in [6, 6.07) is 1.28. The normalized spacial score (nSPS) is 10.4. The number of carbonyl (C=O) groups excluding carboxylic acids is 1. The van der Waals surface area contributed by atoms with Crippen LogP contribution in [0, 0.1) is 10.1 Å². The Bertz CT molecular complexity index is 442. The highest BCUT2D eigenvalue weighted by Crippen LogP contribution is 2.16. The fourth-order valence-corrected chi connectivity index (χ4v) is 1.75. The van der Waals surface area contributed by atoms with Crippen LogP contribution in [-0.4, -0.2) is 33.7 Å². The number of aliphatic hydroxyl groups is 1. The van der Waals surface area contributed by atoms with Gasteiger partial charge in [-0.1, -0.05) is 0 Å². The molecule has 1 amide bonds. The van der Waals surface area contributed by atoms with Gasteiger partial charge in [-0.15, -0.1) is 0 Å². The molecule has 0 unspecified atom stereocenters. The fraction of sp³-hybridized carbons (Fsp3) is 0.583. The minimum Gasteiger partial charge on any atom is -0.396 e. The van der Waals surface area contributed by atoms with Crippen LogP contribution in [-0.2, 0) is 6.54 Å². The van der Waals surface area contributed by atoms with Crippen molar-refractivity contribution in [3.63, 3.8) is 0 Å². The lowest BCUT2D eigenvalue weighted by Crippen LogP contribution is -2.26. The number of carbonyl (C=O) groups is 1. The highest BCUT2D eigenvalue weighted by atomic mass is 16.6. The molecule has 0 radical (unpaired) electrons. The lowest BCUT2D eigenvalue weighted by atomic mass is 10.2. The monoisotopic (exact) mass is 269 g/mol. The quantitative estimate of drug-likeness (QED) is 0.422. The third-order valence-corrected chi connectivity index (χ3v) is 2.79. The number of aryl methyl sites for hydroxylation is 1. The van der Waals surface area contributed by atoms with Crippen molar-refractivity contribution in [3.8, 4) is 0 Å². The Morgan fingerprint density at radius 2 is 2.21 bits per heavy atom. The predicted molar refractivity (Wildman–Crippen MR) is 70.0 cm³/mol. The molecule has 7 heteroatoms. The number of aliphatic hydroxyl groups excluding tert-OH is 1. The van der Waals surface area contributed by atoms with Crippen LogP contribution in [0.5, 0.6) is 0 Å². The zero-order chi connectivity index (χ0) is 14.3. The van der Waals surface area contributed by atoms with Gasteiger partial charge in [0.1, 0.15) is 5.69 Å². The van der Waals surface area contributed by atoms with Gasteiger partial charge in [0, 0.05) is 25.8 Å². The van der Waals surface area contributed by atoms with Gasteiger partial charge in [-0.2, -0.15) is 0 Å². The summed E-state index contributed by atoms with van der Waals surface area (Å²) in [5.41, 5.74) is 0.226. The van der Waals surface area contributed by atoms with E-state index in [9.17, 15) is 14.9 Å². The van der Waals surface area contributed by atoms with E-state index in [2.05, 4.69) is 5.32 Å². The van der Waals surface area contributed by atoms with Gasteiger partial charge in [-0.3, -0.25) is 14.9 Å². The van der Waals surface area contributed by atoms with Crippen molar-refractivity contribution in [2.75, 3.05) is 13.2 Å². The van der Waals surface area contributed by atoms with E-state index in [4.69, 9.17) is 5.11 Å². The molecule has 106 valence electrons. The lowest BCUT2D eigenvalue weighted by Gasteiger charge is -2.06. The first-order chi connectivity index (χ1) is 9.10. The van der Waals surface area contributed by atoms with Crippen molar-refractivity contribution < 1.29 is 14.8 Å². The molecular formula is C12H19N3O4. The largest absolute Gasteiger partial charge is 0.396 e. The molecular weight excluding hydrogens is 250 g/mol. The minimum atomic E-state index is -0.510. The summed E-state index contributed by atoms with van der Waals surface area (Å²) in [5, 5.41) is 22.0. The Balaban J connectivity index is 2.58. The van der Waals surface area contributed by atoms with Gasteiger partial charge in [-0.05, 0) is 26.2 Å². The molecule has 0 atom stereocenters. The van der Waals surface area contributed by atoms with Gasteiger partial charge in [0.15, 0.2) is 0 Å². The molecule has 1 heterocycles. The first-order valence-electron chi connectivity index (χ1n) is 6.33. The molecule has 1 aromatic rings. The Labute approximate surface area is 111 Å². The van der Waals surface area contributed by atoms with Crippen LogP contribution >= 0.6 is 0 Å². The third kappa shape index (κ3) is 4.36. The maximum Gasteiger partial charge on any atom is 0.287 e. The molecule has 7 nitrogen and oxygen atoms in total. The van der Waals surface area contributed by atoms with Gasteiger partial charge < -0.3 is 15.0 Å². The molecule has 2 N–H and O–H groups in total. The topological polar surface area (TPSA) is 97.4 Å². The highest BCUT2D eigenvalue weighted by molar-refractivity contribution is 5.93. The average Bonchev–Trinajstić information content (AvgIpc) is 2.82. The average molecular weight is 269 g/mol. The number of nitro groups is 1. The van der Waals surface area contributed by atoms with Gasteiger partial charge in [-0.25, -0.2) is 0 Å². The van der Waals surface area contributed by atoms with Crippen LogP contribution in [0.25, 0.3) is 0 Å². The Morgan fingerprint density at radius 1 is 1.47 bits per heavy atom. The molecule has 19 heavy (non-hydrogen) atoms. The van der Waals surface area contributed by atoms with Crippen molar-refractivity contribution in [3.05, 3.63) is 28.1 Å². The summed E-state index contributed by atoms with van der Waals surface area (Å²) < 4.78 is 1.56. The van der Waals surface area contributed by atoms with E-state index in [0.717, 1.165) is 12.8 Å². The standard InChI is InChI=1S/C12H19N3O4/c1-2-14-9-10(15(18)19)8-11(14)12(17)13-6-4-3-5-7-16/h8-9,16H,2-7H2,1H3,(H,13,17). The summed E-state index contributed by atoms with van der Waals surface area (Å²) in [5.74, 6) is -0.307. The van der Waals surface area contributed by atoms with Crippen LogP contribution in [0.3, 0.4) is 0 Å². The maximum atomic E-state index is 11.9. The second-order valence-corrected chi connectivity index (χ2v) is 4.17. The Hall–Kier alpha value is -1.89. The zero-order valence-corrected chi connectivity index (χ0v) is 11.0. The molecule has 0 bridgehead atoms. The minimum absolute atomic E-state index is 0.0766. The number of nitrogens with zero attached hydrogens (tertiary/aromatic N) is 2. The first-order valence-corrected chi connectivity index (χ1v) is 6.33. The lowest BCUT2D eigenvalue weighted by molar-refractivity contribution is -0.384. The van der Waals surface area contributed by atoms with E-state index in [1.165, 1.54) is 12.3 Å². The summed E-state index contributed by atoms with van der Waals surface area (Å²) in [6.45, 7) is 2.98. The second-order valence-electron chi connectivity index (χ2n) is 4.17. The van der Waals surface area contributed by atoms with Gasteiger partial charge in [0.05, 0.1) is 11.1 Å². The van der Waals surface area contributed by atoms with Gasteiger partial charge >= 0.3 is 0 Å². The van der Waals surface area contributed by atoms with Crippen LogP contribution in [0.4, 0.5) is 5.69 Å². The molecule has 0 aliphatic heterocycles. The molecule has 1 aromatic heterocycles. The predicted octanol–water partition coefficient (Wildman–Crippen LogP) is 1.31. The Kier molecular flexibility index (Phi) is 6.01. The van der Waals surface area contributed by atoms with Crippen molar-refractivity contribution in [2.45, 2.75) is 32.7 Å². The van der Waals surface area contributed by atoms with E-state index in [-0.39, 0.29) is 18.2 Å². The van der Waals surface area contributed by atoms with Crippen molar-refractivity contribution in [1.82, 2.24) is 9.88 Å². The zero-order valence-electron chi connectivity index (χ0n) is 11.0. The summed E-state index contributed by atoms with van der Waals surface area (Å²) >= 11 is 0. The van der Waals surface area contributed by atoms with E-state index >= 15 is 0 Å². The number of rotatable bonds is 8. The van der Waals surface area contributed by atoms with Crippen molar-refractivity contribution in [2.24, 2.45) is 0 Å². The van der Waals surface area contributed by atoms with E-state index in [1.54, 1.807) is 4.57 Å². The first kappa shape index (κ1) is 15.2. The molecule has 0 aliphatic carbocycles. The van der Waals surface area contributed by atoms with Crippen LogP contribution in [0.1, 0.15) is 36.7 Å². The van der Waals surface area contributed by atoms with Crippen LogP contribution in [0.15, 0.2) is 12.3 Å². The number of nitrogens with one attached hydrogen (secondary N) is 1. The molecule has 0 aromatic carbocycles. The second kappa shape index (κ2) is 7.52. The smallest absolute Gasteiger partial charge is 0.287 e. The van der Waals surface area contributed by atoms with Gasteiger partial charge in [0.25, 0.3) is 11.6 Å². The van der Waals surface area contributed by atoms with Gasteiger partial charge in [0.2, 0.25) is 0 Å². The Morgan fingerprint density at radius 3 is 2.79 bits per heavy atom. The van der Waals surface area contributed by atoms with Crippen molar-refractivity contribution >= 4 is 11.6 Å². The van der Waals surface area contributed by atoms with E-state index in [0.29, 0.717) is 25.2 Å². The summed E-state index contributed by atoms with van der Waals surface area (Å²) in [7, 11) is 0. The number of hydrogen-bond acceptors (Lipinski definition) is 4. The SMILES string of the molecule is CCn1cc([N+](=O)[O-])cc1C(=O)NCCCCCO. The molecule has 1 rings (SSSR count). The summed E-state index contributed by atoms with van der Waals surface area (Å²) in [4.78, 5) is 22.1. The number of aromatic nitrogens is 1. The maximum absolute atomic E-state index is 11.9. The number of hydrogen-bond donors (Lipinski definition) is 2. The molecule has 0 spiro atoms. The third-order valence-electron chi connectivity index (χ3n) is 2.79. The summed E-state index contributed by atoms with van der Waals surface area (Å²) in [6.07, 6.45) is 3.69. The molecule has 0 saturated carbocycles. The molecule has 0 aliphatic rings. The fourth-order valence-electron chi connectivity index (χ4n) is 1.75. The molecule has 0 fully saturated rings. The number of amides is 1. The van der Waals surface area contributed by atoms with E-state index < -0.39 is 4.92 Å². The highest BCUT2D eigenvalue weighted by Gasteiger charge is 2.18. The molecule has 0 saturated heterocycles. The number of unbranched alkanes of at least 4 members (excludes halogenated alkanes) is 2. The van der Waals surface area contributed by atoms with E-state index in [1.807, 2.05) is 6.92 Å². The van der Waals surface area contributed by atoms with Crippen molar-refractivity contribution in [1.29, 1.82) is 0 Å². The van der Waals surface area contributed by atoms with Crippen LogP contribution in [0.2, 0.25) is 0 Å².